The predicted molar refractivity (Wildman–Crippen MR) is 119 cm³/mol. The molecule has 0 bridgehead atoms. The van der Waals surface area contributed by atoms with Crippen molar-refractivity contribution in [3.05, 3.63) is 75.3 Å². The lowest BCUT2D eigenvalue weighted by Crippen LogP contribution is -2.41. The smallest absolute Gasteiger partial charge is 0.416 e. The van der Waals surface area contributed by atoms with Gasteiger partial charge in [-0.15, -0.1) is 0 Å². The number of rotatable bonds is 6. The van der Waals surface area contributed by atoms with Gasteiger partial charge in [0.15, 0.2) is 6.10 Å². The van der Waals surface area contributed by atoms with Crippen LogP contribution >= 0.6 is 0 Å². The number of β-amino-alcohol motifs (C(OH)–C–C–N with tert-alkyl or cyclic N) is 1. The van der Waals surface area contributed by atoms with E-state index in [2.05, 4.69) is 0 Å². The van der Waals surface area contributed by atoms with Crippen molar-refractivity contribution in [3.63, 3.8) is 0 Å². The molecule has 0 saturated carbocycles. The van der Waals surface area contributed by atoms with Crippen molar-refractivity contribution in [2.75, 3.05) is 6.54 Å². The van der Waals surface area contributed by atoms with Gasteiger partial charge in [0.25, 0.3) is 5.91 Å². The normalized spacial score (nSPS) is 14.5. The first kappa shape index (κ1) is 23.6. The summed E-state index contributed by atoms with van der Waals surface area (Å²) in [5.74, 6) is -0.586. The number of hydrogen-bond acceptors (Lipinski definition) is 4. The fourth-order valence-corrected chi connectivity index (χ4v) is 4.17. The number of amides is 1. The van der Waals surface area contributed by atoms with Crippen LogP contribution in [-0.4, -0.2) is 49.0 Å². The highest BCUT2D eigenvalue weighted by molar-refractivity contribution is 5.99. The molecule has 4 rings (SSSR count). The van der Waals surface area contributed by atoms with Crippen LogP contribution in [0.5, 0.6) is 5.88 Å². The van der Waals surface area contributed by atoms with E-state index < -0.39 is 24.7 Å². The fraction of sp³-hybridized carbons (Fsp3) is 0.333. The minimum Gasteiger partial charge on any atom is -0.493 e. The maximum absolute atomic E-state index is 12.7. The van der Waals surface area contributed by atoms with E-state index in [0.717, 1.165) is 21.6 Å². The zero-order valence-corrected chi connectivity index (χ0v) is 18.6. The Balaban J connectivity index is 1.52. The number of fused-ring (bicyclic) bond motifs is 1. The summed E-state index contributed by atoms with van der Waals surface area (Å²) in [5, 5.41) is 19.4. The molecule has 1 aromatic heterocycles. The molecule has 1 aliphatic heterocycles. The van der Waals surface area contributed by atoms with Crippen LogP contribution in [0.2, 0.25) is 0 Å². The molecular formula is C24H24F3N3O4. The molecule has 0 saturated heterocycles. The molecule has 2 aromatic carbocycles. The van der Waals surface area contributed by atoms with Crippen molar-refractivity contribution in [2.24, 2.45) is 0 Å². The number of aromatic nitrogens is 2. The first-order valence-electron chi connectivity index (χ1n) is 10.8. The number of nitrogens with zero attached hydrogens (tertiary/aromatic N) is 3. The van der Waals surface area contributed by atoms with E-state index in [0.29, 0.717) is 29.9 Å². The molecule has 34 heavy (non-hydrogen) atoms. The Labute approximate surface area is 193 Å². The molecule has 1 unspecified atom stereocenters. The van der Waals surface area contributed by atoms with Gasteiger partial charge in [0.1, 0.15) is 0 Å². The van der Waals surface area contributed by atoms with Crippen LogP contribution in [0, 0.1) is 6.92 Å². The average Bonchev–Trinajstić information content (AvgIpc) is 3.21. The molecule has 180 valence electrons. The van der Waals surface area contributed by atoms with Crippen LogP contribution < -0.4 is 5.69 Å². The van der Waals surface area contributed by atoms with Crippen LogP contribution in [0.25, 0.3) is 11.1 Å². The summed E-state index contributed by atoms with van der Waals surface area (Å²) in [7, 11) is 0. The van der Waals surface area contributed by atoms with Crippen LogP contribution in [0.4, 0.5) is 13.2 Å². The number of halogens is 3. The summed E-state index contributed by atoms with van der Waals surface area (Å²) >= 11 is 0. The van der Waals surface area contributed by atoms with E-state index in [1.807, 2.05) is 24.3 Å². The summed E-state index contributed by atoms with van der Waals surface area (Å²) < 4.78 is 40.8. The monoisotopic (exact) mass is 475 g/mol. The minimum absolute atomic E-state index is 0.00661. The second kappa shape index (κ2) is 8.68. The lowest BCUT2D eigenvalue weighted by Gasteiger charge is -2.21. The van der Waals surface area contributed by atoms with Crippen LogP contribution in [0.15, 0.2) is 47.3 Å². The molecule has 0 spiro atoms. The first-order chi connectivity index (χ1) is 16.0. The number of aliphatic hydroxyl groups excluding tert-OH is 1. The SMILES string of the molecule is CCn1c(O)c(C)n(Cc2ccc(-c3ccc4c(c3)CN(CC(O)C(F)(F)F)C4=O)cc2)c1=O. The molecule has 2 N–H and O–H groups in total. The van der Waals surface area contributed by atoms with Gasteiger partial charge in [-0.05, 0) is 48.2 Å². The number of imidazole rings is 1. The molecule has 1 amide bonds. The highest BCUT2D eigenvalue weighted by Crippen LogP contribution is 2.30. The molecule has 0 radical (unpaired) electrons. The molecule has 3 aromatic rings. The Bertz CT molecular complexity index is 1290. The standard InChI is InChI=1S/C24H24F3N3O4/c1-3-29-21(32)14(2)30(23(29)34)11-15-4-6-16(7-5-15)17-8-9-19-18(10-17)12-28(22(19)33)13-20(31)24(25,26)27/h4-10,20,31-32H,3,11-13H2,1-2H3. The molecule has 2 heterocycles. The van der Waals surface area contributed by atoms with E-state index in [4.69, 9.17) is 0 Å². The largest absolute Gasteiger partial charge is 0.493 e. The third kappa shape index (κ3) is 4.21. The quantitative estimate of drug-likeness (QED) is 0.573. The first-order valence-corrected chi connectivity index (χ1v) is 10.8. The lowest BCUT2D eigenvalue weighted by atomic mass is 9.99. The number of aromatic hydroxyl groups is 1. The summed E-state index contributed by atoms with van der Waals surface area (Å²) in [6.45, 7) is 3.30. The maximum atomic E-state index is 12.7. The highest BCUT2D eigenvalue weighted by Gasteiger charge is 2.41. The van der Waals surface area contributed by atoms with Crippen molar-refractivity contribution in [1.82, 2.24) is 14.0 Å². The average molecular weight is 475 g/mol. The van der Waals surface area contributed by atoms with Gasteiger partial charge in [0.2, 0.25) is 5.88 Å². The summed E-state index contributed by atoms with van der Waals surface area (Å²) in [4.78, 5) is 25.9. The molecule has 1 aliphatic rings. The molecule has 10 heteroatoms. The van der Waals surface area contributed by atoms with Gasteiger partial charge in [0, 0.05) is 18.7 Å². The highest BCUT2D eigenvalue weighted by atomic mass is 19.4. The van der Waals surface area contributed by atoms with E-state index >= 15 is 0 Å². The Morgan fingerprint density at radius 2 is 1.68 bits per heavy atom. The van der Waals surface area contributed by atoms with Gasteiger partial charge in [-0.3, -0.25) is 13.9 Å². The van der Waals surface area contributed by atoms with Crippen molar-refractivity contribution < 1.29 is 28.2 Å². The minimum atomic E-state index is -4.79. The second-order valence-electron chi connectivity index (χ2n) is 8.33. The number of benzene rings is 2. The number of carbonyl (C=O) groups is 1. The van der Waals surface area contributed by atoms with Gasteiger partial charge in [-0.1, -0.05) is 30.3 Å². The van der Waals surface area contributed by atoms with Gasteiger partial charge >= 0.3 is 11.9 Å². The number of carbonyl (C=O) groups excluding carboxylic acids is 1. The van der Waals surface area contributed by atoms with Gasteiger partial charge < -0.3 is 15.1 Å². The van der Waals surface area contributed by atoms with Crippen LogP contribution in [0.1, 0.15) is 34.1 Å². The third-order valence-corrected chi connectivity index (χ3v) is 6.15. The topological polar surface area (TPSA) is 87.7 Å². The van der Waals surface area contributed by atoms with Gasteiger partial charge in [0.05, 0.1) is 18.8 Å². The van der Waals surface area contributed by atoms with E-state index in [1.54, 1.807) is 32.0 Å². The fourth-order valence-electron chi connectivity index (χ4n) is 4.17. The Morgan fingerprint density at radius 1 is 1.03 bits per heavy atom. The molecule has 1 atom stereocenters. The van der Waals surface area contributed by atoms with Crippen LogP contribution in [0.3, 0.4) is 0 Å². The van der Waals surface area contributed by atoms with Crippen molar-refractivity contribution in [3.8, 4) is 17.0 Å². The van der Waals surface area contributed by atoms with Crippen molar-refractivity contribution >= 4 is 5.91 Å². The van der Waals surface area contributed by atoms with E-state index in [9.17, 15) is 33.0 Å². The molecule has 0 fully saturated rings. The van der Waals surface area contributed by atoms with Gasteiger partial charge in [-0.25, -0.2) is 4.79 Å². The summed E-state index contributed by atoms with van der Waals surface area (Å²) in [6.07, 6.45) is -7.38. The number of alkyl halides is 3. The molecular weight excluding hydrogens is 451 g/mol. The van der Waals surface area contributed by atoms with Crippen LogP contribution in [-0.2, 0) is 19.6 Å². The van der Waals surface area contributed by atoms with Crippen molar-refractivity contribution in [1.29, 1.82) is 0 Å². The second-order valence-corrected chi connectivity index (χ2v) is 8.33. The molecule has 0 aliphatic carbocycles. The zero-order chi connectivity index (χ0) is 24.8. The third-order valence-electron chi connectivity index (χ3n) is 6.15. The number of aliphatic hydroxyl groups is 1. The Kier molecular flexibility index (Phi) is 6.03. The molecule has 7 nitrogen and oxygen atoms in total. The number of hydrogen-bond donors (Lipinski definition) is 2. The predicted octanol–water partition coefficient (Wildman–Crippen LogP) is 3.28. The Morgan fingerprint density at radius 3 is 2.26 bits per heavy atom. The summed E-state index contributed by atoms with van der Waals surface area (Å²) in [6, 6.07) is 12.5. The summed E-state index contributed by atoms with van der Waals surface area (Å²) in [5.41, 5.74) is 3.60. The van der Waals surface area contributed by atoms with Crippen molar-refractivity contribution in [2.45, 2.75) is 45.8 Å². The van der Waals surface area contributed by atoms with Gasteiger partial charge in [-0.2, -0.15) is 13.2 Å². The zero-order valence-electron chi connectivity index (χ0n) is 18.6. The maximum Gasteiger partial charge on any atom is 0.416 e. The van der Waals surface area contributed by atoms with E-state index in [1.165, 1.54) is 9.13 Å². The lowest BCUT2D eigenvalue weighted by molar-refractivity contribution is -0.206. The van der Waals surface area contributed by atoms with E-state index in [-0.39, 0.29) is 18.1 Å². The Hall–Kier alpha value is -3.53.